The van der Waals surface area contributed by atoms with Crippen molar-refractivity contribution < 1.29 is 0 Å². The quantitative estimate of drug-likeness (QED) is 0.728. The van der Waals surface area contributed by atoms with Gasteiger partial charge in [0.1, 0.15) is 0 Å². The summed E-state index contributed by atoms with van der Waals surface area (Å²) in [7, 11) is 2.13. The summed E-state index contributed by atoms with van der Waals surface area (Å²) in [6.07, 6.45) is 1.11. The van der Waals surface area contributed by atoms with Gasteiger partial charge in [0, 0.05) is 11.4 Å². The van der Waals surface area contributed by atoms with Crippen LogP contribution in [0.25, 0.3) is 0 Å². The van der Waals surface area contributed by atoms with Crippen molar-refractivity contribution in [3.8, 4) is 0 Å². The van der Waals surface area contributed by atoms with Crippen molar-refractivity contribution in [2.75, 3.05) is 20.1 Å². The Labute approximate surface area is 83.0 Å². The van der Waals surface area contributed by atoms with Gasteiger partial charge in [-0.15, -0.1) is 11.3 Å². The first-order chi connectivity index (χ1) is 5.72. The second-order valence-electron chi connectivity index (χ2n) is 2.85. The first-order valence-electron chi connectivity index (χ1n) is 4.15. The van der Waals surface area contributed by atoms with E-state index >= 15 is 0 Å². The van der Waals surface area contributed by atoms with Crippen molar-refractivity contribution in [3.63, 3.8) is 0 Å². The van der Waals surface area contributed by atoms with E-state index in [9.17, 15) is 0 Å². The van der Waals surface area contributed by atoms with Gasteiger partial charge in [0.05, 0.1) is 4.34 Å². The SMILES string of the molecule is CCN(C)CCc1ccc(Cl)s1. The molecule has 1 rings (SSSR count). The minimum absolute atomic E-state index is 0.893. The third kappa shape index (κ3) is 3.13. The lowest BCUT2D eigenvalue weighted by Gasteiger charge is -2.11. The van der Waals surface area contributed by atoms with Crippen molar-refractivity contribution >= 4 is 22.9 Å². The van der Waals surface area contributed by atoms with E-state index in [1.807, 2.05) is 6.07 Å². The van der Waals surface area contributed by atoms with Crippen molar-refractivity contribution in [2.24, 2.45) is 0 Å². The normalized spacial score (nSPS) is 11.0. The van der Waals surface area contributed by atoms with Crippen LogP contribution >= 0.6 is 22.9 Å². The molecule has 0 aliphatic heterocycles. The van der Waals surface area contributed by atoms with Crippen molar-refractivity contribution in [3.05, 3.63) is 21.3 Å². The first-order valence-corrected chi connectivity index (χ1v) is 5.34. The summed E-state index contributed by atoms with van der Waals surface area (Å²) in [5.74, 6) is 0. The lowest BCUT2D eigenvalue weighted by atomic mass is 10.3. The second-order valence-corrected chi connectivity index (χ2v) is 4.65. The molecular formula is C9H14ClNS. The van der Waals surface area contributed by atoms with Crippen LogP contribution in [0.1, 0.15) is 11.8 Å². The van der Waals surface area contributed by atoms with E-state index < -0.39 is 0 Å². The van der Waals surface area contributed by atoms with Gasteiger partial charge >= 0.3 is 0 Å². The molecule has 0 unspecified atom stereocenters. The number of rotatable bonds is 4. The van der Waals surface area contributed by atoms with Crippen molar-refractivity contribution in [2.45, 2.75) is 13.3 Å². The fraction of sp³-hybridized carbons (Fsp3) is 0.556. The Hall–Kier alpha value is -0.0500. The van der Waals surface area contributed by atoms with Crippen LogP contribution < -0.4 is 0 Å². The first kappa shape index (κ1) is 10.0. The molecule has 1 heterocycles. The summed E-state index contributed by atoms with van der Waals surface area (Å²) in [5.41, 5.74) is 0. The lowest BCUT2D eigenvalue weighted by Crippen LogP contribution is -2.19. The highest BCUT2D eigenvalue weighted by atomic mass is 35.5. The van der Waals surface area contributed by atoms with E-state index in [2.05, 4.69) is 24.9 Å². The van der Waals surface area contributed by atoms with Gasteiger partial charge in [-0.25, -0.2) is 0 Å². The van der Waals surface area contributed by atoms with Crippen LogP contribution in [-0.2, 0) is 6.42 Å². The second kappa shape index (κ2) is 4.85. The predicted molar refractivity (Wildman–Crippen MR) is 56.2 cm³/mol. The van der Waals surface area contributed by atoms with E-state index in [0.717, 1.165) is 23.8 Å². The fourth-order valence-corrected chi connectivity index (χ4v) is 2.02. The average molecular weight is 204 g/mol. The summed E-state index contributed by atoms with van der Waals surface area (Å²) in [4.78, 5) is 3.67. The zero-order valence-corrected chi connectivity index (χ0v) is 9.08. The van der Waals surface area contributed by atoms with Crippen LogP contribution in [0.4, 0.5) is 0 Å². The fourth-order valence-electron chi connectivity index (χ4n) is 0.945. The Morgan fingerprint density at radius 1 is 1.50 bits per heavy atom. The van der Waals surface area contributed by atoms with E-state index in [-0.39, 0.29) is 0 Å². The molecular weight excluding hydrogens is 190 g/mol. The topological polar surface area (TPSA) is 3.24 Å². The van der Waals surface area contributed by atoms with Gasteiger partial charge in [0.25, 0.3) is 0 Å². The summed E-state index contributed by atoms with van der Waals surface area (Å²) in [5, 5.41) is 0. The molecule has 0 saturated carbocycles. The summed E-state index contributed by atoms with van der Waals surface area (Å²) >= 11 is 7.49. The molecule has 0 bridgehead atoms. The maximum atomic E-state index is 5.81. The average Bonchev–Trinajstić information content (AvgIpc) is 2.47. The molecule has 1 aromatic heterocycles. The number of hydrogen-bond donors (Lipinski definition) is 0. The van der Waals surface area contributed by atoms with E-state index in [0.29, 0.717) is 0 Å². The monoisotopic (exact) mass is 203 g/mol. The van der Waals surface area contributed by atoms with Crippen LogP contribution in [0.3, 0.4) is 0 Å². The Morgan fingerprint density at radius 3 is 2.75 bits per heavy atom. The molecule has 0 radical (unpaired) electrons. The molecule has 68 valence electrons. The Morgan fingerprint density at radius 2 is 2.25 bits per heavy atom. The Kier molecular flexibility index (Phi) is 4.06. The molecule has 0 fully saturated rings. The molecule has 0 aliphatic carbocycles. The summed E-state index contributed by atoms with van der Waals surface area (Å²) < 4.78 is 0.893. The molecule has 1 nitrogen and oxygen atoms in total. The van der Waals surface area contributed by atoms with Gasteiger partial charge in [-0.3, -0.25) is 0 Å². The van der Waals surface area contributed by atoms with Gasteiger partial charge in [-0.2, -0.15) is 0 Å². The zero-order chi connectivity index (χ0) is 8.97. The van der Waals surface area contributed by atoms with Crippen LogP contribution in [0.15, 0.2) is 12.1 Å². The van der Waals surface area contributed by atoms with Gasteiger partial charge in [0.2, 0.25) is 0 Å². The summed E-state index contributed by atoms with van der Waals surface area (Å²) in [6, 6.07) is 4.07. The highest BCUT2D eigenvalue weighted by molar-refractivity contribution is 7.16. The molecule has 0 aromatic carbocycles. The third-order valence-corrected chi connectivity index (χ3v) is 3.20. The molecule has 3 heteroatoms. The smallest absolute Gasteiger partial charge is 0.0931 e. The van der Waals surface area contributed by atoms with Gasteiger partial charge in [-0.1, -0.05) is 18.5 Å². The Bertz CT molecular complexity index is 234. The van der Waals surface area contributed by atoms with Crippen LogP contribution in [-0.4, -0.2) is 25.0 Å². The molecule has 0 amide bonds. The zero-order valence-electron chi connectivity index (χ0n) is 7.51. The van der Waals surface area contributed by atoms with Crippen LogP contribution in [0, 0.1) is 0 Å². The highest BCUT2D eigenvalue weighted by Gasteiger charge is 1.99. The minimum Gasteiger partial charge on any atom is -0.306 e. The maximum Gasteiger partial charge on any atom is 0.0931 e. The molecule has 0 atom stereocenters. The van der Waals surface area contributed by atoms with Crippen LogP contribution in [0.2, 0.25) is 4.34 Å². The molecule has 0 aliphatic rings. The van der Waals surface area contributed by atoms with E-state index in [4.69, 9.17) is 11.6 Å². The molecule has 0 N–H and O–H groups in total. The summed E-state index contributed by atoms with van der Waals surface area (Å²) in [6.45, 7) is 4.40. The van der Waals surface area contributed by atoms with Gasteiger partial charge in [-0.05, 0) is 32.1 Å². The minimum atomic E-state index is 0.893. The standard InChI is InChI=1S/C9H14ClNS/c1-3-11(2)7-6-8-4-5-9(10)12-8/h4-5H,3,6-7H2,1-2H3. The van der Waals surface area contributed by atoms with Crippen LogP contribution in [0.5, 0.6) is 0 Å². The Balaban J connectivity index is 2.33. The van der Waals surface area contributed by atoms with E-state index in [1.54, 1.807) is 11.3 Å². The number of likely N-dealkylation sites (N-methyl/N-ethyl adjacent to an activating group) is 1. The number of hydrogen-bond acceptors (Lipinski definition) is 2. The molecule has 0 spiro atoms. The molecule has 0 saturated heterocycles. The largest absolute Gasteiger partial charge is 0.306 e. The van der Waals surface area contributed by atoms with E-state index in [1.165, 1.54) is 4.88 Å². The van der Waals surface area contributed by atoms with Crippen molar-refractivity contribution in [1.29, 1.82) is 0 Å². The maximum absolute atomic E-state index is 5.81. The third-order valence-electron chi connectivity index (χ3n) is 1.91. The highest BCUT2D eigenvalue weighted by Crippen LogP contribution is 2.21. The lowest BCUT2D eigenvalue weighted by molar-refractivity contribution is 0.358. The number of halogens is 1. The number of thiophene rings is 1. The van der Waals surface area contributed by atoms with Gasteiger partial charge in [0.15, 0.2) is 0 Å². The molecule has 12 heavy (non-hydrogen) atoms. The predicted octanol–water partition coefficient (Wildman–Crippen LogP) is 2.90. The van der Waals surface area contributed by atoms with Gasteiger partial charge < -0.3 is 4.90 Å². The van der Waals surface area contributed by atoms with Crippen molar-refractivity contribution in [1.82, 2.24) is 4.90 Å². The molecule has 1 aromatic rings. The number of nitrogens with zero attached hydrogens (tertiary/aromatic N) is 1.